The van der Waals surface area contributed by atoms with Crippen molar-refractivity contribution in [2.24, 2.45) is 0 Å². The van der Waals surface area contributed by atoms with E-state index >= 15 is 0 Å². The minimum Gasteiger partial charge on any atom is -0.316 e. The van der Waals surface area contributed by atoms with Gasteiger partial charge < -0.3 is 5.32 Å². The van der Waals surface area contributed by atoms with Crippen LogP contribution >= 0.6 is 27.7 Å². The van der Waals surface area contributed by atoms with Crippen molar-refractivity contribution < 1.29 is 0 Å². The molecule has 4 heteroatoms. The third-order valence-corrected chi connectivity index (χ3v) is 4.55. The van der Waals surface area contributed by atoms with E-state index in [4.69, 9.17) is 0 Å². The molecule has 1 aromatic heterocycles. The van der Waals surface area contributed by atoms with E-state index in [-0.39, 0.29) is 0 Å². The molecule has 0 saturated carbocycles. The van der Waals surface area contributed by atoms with Crippen LogP contribution in [0.4, 0.5) is 0 Å². The van der Waals surface area contributed by atoms with Crippen LogP contribution in [0, 0.1) is 0 Å². The van der Waals surface area contributed by atoms with E-state index in [9.17, 15) is 0 Å². The van der Waals surface area contributed by atoms with E-state index in [0.29, 0.717) is 11.3 Å². The van der Waals surface area contributed by atoms with Crippen molar-refractivity contribution in [3.63, 3.8) is 0 Å². The molecule has 0 aliphatic rings. The van der Waals surface area contributed by atoms with Crippen molar-refractivity contribution in [3.8, 4) is 0 Å². The van der Waals surface area contributed by atoms with Crippen LogP contribution in [0.2, 0.25) is 0 Å². The standard InChI is InChI=1S/C11H17BrN2S/c1-4-10(13-3)8(2)15-11-9(12)6-5-7-14-11/h5-8,10,13H,4H2,1-3H3. The first-order valence-electron chi connectivity index (χ1n) is 5.13. The van der Waals surface area contributed by atoms with Crippen LogP contribution in [-0.4, -0.2) is 23.3 Å². The van der Waals surface area contributed by atoms with Gasteiger partial charge in [-0.25, -0.2) is 4.98 Å². The van der Waals surface area contributed by atoms with Crippen LogP contribution in [0.15, 0.2) is 27.8 Å². The number of hydrogen-bond acceptors (Lipinski definition) is 3. The highest BCUT2D eigenvalue weighted by Crippen LogP contribution is 2.29. The maximum atomic E-state index is 4.36. The van der Waals surface area contributed by atoms with E-state index in [1.54, 1.807) is 11.8 Å². The molecule has 0 spiro atoms. The average Bonchev–Trinajstić information content (AvgIpc) is 2.23. The van der Waals surface area contributed by atoms with E-state index in [2.05, 4.69) is 40.1 Å². The number of halogens is 1. The Bertz CT molecular complexity index is 302. The van der Waals surface area contributed by atoms with Crippen molar-refractivity contribution in [1.82, 2.24) is 10.3 Å². The molecule has 1 rings (SSSR count). The lowest BCUT2D eigenvalue weighted by Crippen LogP contribution is -2.33. The summed E-state index contributed by atoms with van der Waals surface area (Å²) in [6, 6.07) is 4.50. The van der Waals surface area contributed by atoms with Gasteiger partial charge in [-0.05, 0) is 41.5 Å². The van der Waals surface area contributed by atoms with Gasteiger partial charge in [-0.2, -0.15) is 0 Å². The van der Waals surface area contributed by atoms with Gasteiger partial charge in [0.05, 0.1) is 0 Å². The lowest BCUT2D eigenvalue weighted by Gasteiger charge is -2.21. The number of nitrogens with one attached hydrogen (secondary N) is 1. The van der Waals surface area contributed by atoms with Crippen LogP contribution in [0.3, 0.4) is 0 Å². The van der Waals surface area contributed by atoms with Crippen molar-refractivity contribution in [1.29, 1.82) is 0 Å². The SMILES string of the molecule is CCC(NC)C(C)Sc1ncccc1Br. The first-order valence-corrected chi connectivity index (χ1v) is 6.80. The zero-order valence-corrected chi connectivity index (χ0v) is 11.7. The Kier molecular flexibility index (Phi) is 5.64. The zero-order valence-electron chi connectivity index (χ0n) is 9.33. The van der Waals surface area contributed by atoms with Crippen LogP contribution < -0.4 is 5.32 Å². The monoisotopic (exact) mass is 288 g/mol. The fourth-order valence-corrected chi connectivity index (χ4v) is 3.17. The van der Waals surface area contributed by atoms with E-state index in [1.165, 1.54) is 0 Å². The van der Waals surface area contributed by atoms with Crippen LogP contribution in [0.1, 0.15) is 20.3 Å². The molecular weight excluding hydrogens is 272 g/mol. The number of nitrogens with zero attached hydrogens (tertiary/aromatic N) is 1. The number of thioether (sulfide) groups is 1. The molecule has 0 saturated heterocycles. The van der Waals surface area contributed by atoms with Gasteiger partial charge in [0.1, 0.15) is 5.03 Å². The molecule has 2 nitrogen and oxygen atoms in total. The van der Waals surface area contributed by atoms with Gasteiger partial charge in [0.2, 0.25) is 0 Å². The smallest absolute Gasteiger partial charge is 0.110 e. The highest BCUT2D eigenvalue weighted by atomic mass is 79.9. The molecule has 1 aromatic rings. The first-order chi connectivity index (χ1) is 7.19. The maximum Gasteiger partial charge on any atom is 0.110 e. The molecule has 84 valence electrons. The van der Waals surface area contributed by atoms with Gasteiger partial charge >= 0.3 is 0 Å². The summed E-state index contributed by atoms with van der Waals surface area (Å²) >= 11 is 5.32. The Morgan fingerprint density at radius 3 is 2.87 bits per heavy atom. The normalized spacial score (nSPS) is 14.9. The molecule has 2 unspecified atom stereocenters. The predicted molar refractivity (Wildman–Crippen MR) is 70.4 cm³/mol. The van der Waals surface area contributed by atoms with Gasteiger partial charge in [0, 0.05) is 22.0 Å². The highest BCUT2D eigenvalue weighted by Gasteiger charge is 2.16. The lowest BCUT2D eigenvalue weighted by atomic mass is 10.2. The number of hydrogen-bond donors (Lipinski definition) is 1. The highest BCUT2D eigenvalue weighted by molar-refractivity contribution is 9.10. The Balaban J connectivity index is 2.65. The summed E-state index contributed by atoms with van der Waals surface area (Å²) in [6.45, 7) is 4.43. The van der Waals surface area contributed by atoms with Gasteiger partial charge in [-0.3, -0.25) is 0 Å². The molecule has 1 heterocycles. The second-order valence-corrected chi connectivity index (χ2v) is 5.64. The minimum atomic E-state index is 0.520. The van der Waals surface area contributed by atoms with Crippen LogP contribution in [0.25, 0.3) is 0 Å². The Labute approximate surface area is 104 Å². The van der Waals surface area contributed by atoms with Crippen molar-refractivity contribution >= 4 is 27.7 Å². The largest absolute Gasteiger partial charge is 0.316 e. The fraction of sp³-hybridized carbons (Fsp3) is 0.545. The van der Waals surface area contributed by atoms with Gasteiger partial charge in [-0.1, -0.05) is 13.8 Å². The van der Waals surface area contributed by atoms with E-state index in [1.807, 2.05) is 25.4 Å². The summed E-state index contributed by atoms with van der Waals surface area (Å²) in [4.78, 5) is 4.36. The second-order valence-electron chi connectivity index (χ2n) is 3.42. The Morgan fingerprint density at radius 2 is 2.33 bits per heavy atom. The van der Waals surface area contributed by atoms with Crippen LogP contribution in [0.5, 0.6) is 0 Å². The molecule has 0 aromatic carbocycles. The number of aromatic nitrogens is 1. The summed E-state index contributed by atoms with van der Waals surface area (Å²) in [5.74, 6) is 0. The van der Waals surface area contributed by atoms with E-state index in [0.717, 1.165) is 15.9 Å². The molecule has 0 aliphatic heterocycles. The first kappa shape index (κ1) is 13.0. The number of pyridine rings is 1. The Morgan fingerprint density at radius 1 is 1.60 bits per heavy atom. The maximum absolute atomic E-state index is 4.36. The molecule has 1 N–H and O–H groups in total. The van der Waals surface area contributed by atoms with Crippen LogP contribution in [-0.2, 0) is 0 Å². The predicted octanol–water partition coefficient (Wildman–Crippen LogP) is 3.32. The summed E-state index contributed by atoms with van der Waals surface area (Å²) < 4.78 is 1.08. The molecule has 0 amide bonds. The van der Waals surface area contributed by atoms with Crippen molar-refractivity contribution in [2.75, 3.05) is 7.05 Å². The molecule has 0 aliphatic carbocycles. The zero-order chi connectivity index (χ0) is 11.3. The number of rotatable bonds is 5. The fourth-order valence-electron chi connectivity index (χ4n) is 1.49. The third kappa shape index (κ3) is 3.78. The van der Waals surface area contributed by atoms with Crippen molar-refractivity contribution in [2.45, 2.75) is 36.6 Å². The van der Waals surface area contributed by atoms with E-state index < -0.39 is 0 Å². The third-order valence-electron chi connectivity index (χ3n) is 2.40. The average molecular weight is 289 g/mol. The minimum absolute atomic E-state index is 0.520. The van der Waals surface area contributed by atoms with Gasteiger partial charge in [0.25, 0.3) is 0 Å². The van der Waals surface area contributed by atoms with Crippen molar-refractivity contribution in [3.05, 3.63) is 22.8 Å². The van der Waals surface area contributed by atoms with Gasteiger partial charge in [0.15, 0.2) is 0 Å². The summed E-state index contributed by atoms with van der Waals surface area (Å²) in [6.07, 6.45) is 2.97. The Hall–Kier alpha value is -0.0600. The molecule has 0 bridgehead atoms. The molecule has 15 heavy (non-hydrogen) atoms. The lowest BCUT2D eigenvalue weighted by molar-refractivity contribution is 0.541. The van der Waals surface area contributed by atoms with Gasteiger partial charge in [-0.15, -0.1) is 11.8 Å². The molecular formula is C11H17BrN2S. The summed E-state index contributed by atoms with van der Waals surface area (Å²) in [7, 11) is 2.01. The molecule has 2 atom stereocenters. The quantitative estimate of drug-likeness (QED) is 0.842. The molecule has 0 fully saturated rings. The topological polar surface area (TPSA) is 24.9 Å². The summed E-state index contributed by atoms with van der Waals surface area (Å²) in [5.41, 5.74) is 0. The summed E-state index contributed by atoms with van der Waals surface area (Å²) in [5, 5.41) is 4.92. The molecule has 0 radical (unpaired) electrons. The second kappa shape index (κ2) is 6.51.